The third-order valence-corrected chi connectivity index (χ3v) is 5.24. The predicted molar refractivity (Wildman–Crippen MR) is 96.1 cm³/mol. The van der Waals surface area contributed by atoms with Crippen molar-refractivity contribution in [2.24, 2.45) is 5.92 Å². The Morgan fingerprint density at radius 3 is 2.54 bits per heavy atom. The molecule has 0 unspecified atom stereocenters. The van der Waals surface area contributed by atoms with Crippen LogP contribution in [0, 0.1) is 12.8 Å². The summed E-state index contributed by atoms with van der Waals surface area (Å²) in [4.78, 5) is 35.9. The average molecular weight is 368 g/mol. The van der Waals surface area contributed by atoms with Gasteiger partial charge in [-0.2, -0.15) is 0 Å². The number of nitrogens with one attached hydrogen (secondary N) is 1. The first-order chi connectivity index (χ1) is 11.3. The Balaban J connectivity index is 2.22. The van der Waals surface area contributed by atoms with E-state index in [-0.39, 0.29) is 17.3 Å². The summed E-state index contributed by atoms with van der Waals surface area (Å²) in [5.41, 5.74) is 2.00. The van der Waals surface area contributed by atoms with E-state index in [1.165, 1.54) is 23.0 Å². The number of thiazole rings is 1. The van der Waals surface area contributed by atoms with Crippen molar-refractivity contribution < 1.29 is 14.3 Å². The fraction of sp³-hybridized carbons (Fsp3) is 0.438. The molecule has 2 aromatic rings. The summed E-state index contributed by atoms with van der Waals surface area (Å²) in [5, 5.41) is 6.77. The van der Waals surface area contributed by atoms with E-state index >= 15 is 0 Å². The van der Waals surface area contributed by atoms with Crippen molar-refractivity contribution in [3.8, 4) is 0 Å². The highest BCUT2D eigenvalue weighted by molar-refractivity contribution is 7.15. The van der Waals surface area contributed by atoms with Gasteiger partial charge in [-0.05, 0) is 30.2 Å². The number of thiophene rings is 1. The molecular formula is C16H20N2O4S2. The monoisotopic (exact) mass is 368 g/mol. The van der Waals surface area contributed by atoms with Crippen molar-refractivity contribution in [3.63, 3.8) is 0 Å². The Kier molecular flexibility index (Phi) is 5.95. The van der Waals surface area contributed by atoms with Crippen molar-refractivity contribution in [1.29, 1.82) is 0 Å². The second-order valence-electron chi connectivity index (χ2n) is 5.83. The van der Waals surface area contributed by atoms with Crippen LogP contribution in [0.25, 0.3) is 0 Å². The van der Waals surface area contributed by atoms with Gasteiger partial charge in [-0.25, -0.2) is 4.79 Å². The molecule has 0 aromatic carbocycles. The van der Waals surface area contributed by atoms with Gasteiger partial charge in [-0.1, -0.05) is 25.2 Å². The van der Waals surface area contributed by atoms with E-state index < -0.39 is 5.97 Å². The number of aromatic nitrogens is 1. The minimum Gasteiger partial charge on any atom is -0.465 e. The van der Waals surface area contributed by atoms with Gasteiger partial charge in [0.15, 0.2) is 0 Å². The zero-order valence-electron chi connectivity index (χ0n) is 14.0. The number of methoxy groups -OCH3 is 1. The van der Waals surface area contributed by atoms with Gasteiger partial charge in [0, 0.05) is 11.1 Å². The molecule has 0 spiro atoms. The Bertz CT molecular complexity index is 801. The molecule has 0 atom stereocenters. The van der Waals surface area contributed by atoms with Crippen LogP contribution >= 0.6 is 22.7 Å². The summed E-state index contributed by atoms with van der Waals surface area (Å²) < 4.78 is 6.25. The van der Waals surface area contributed by atoms with Gasteiger partial charge in [0.2, 0.25) is 5.91 Å². The Morgan fingerprint density at radius 2 is 2.00 bits per heavy atom. The molecule has 0 aliphatic carbocycles. The SMILES string of the molecule is COC(=O)c1c(CC(C)C)csc1NC(=O)Cn1c(C)csc1=O. The number of anilines is 1. The predicted octanol–water partition coefficient (Wildman–Crippen LogP) is 2.90. The molecule has 0 bridgehead atoms. The number of amides is 1. The van der Waals surface area contributed by atoms with E-state index in [0.29, 0.717) is 16.5 Å². The fourth-order valence-electron chi connectivity index (χ4n) is 2.31. The number of hydrogen-bond acceptors (Lipinski definition) is 6. The molecule has 8 heteroatoms. The number of rotatable bonds is 6. The van der Waals surface area contributed by atoms with Crippen LogP contribution in [0.4, 0.5) is 5.00 Å². The van der Waals surface area contributed by atoms with Gasteiger partial charge in [-0.3, -0.25) is 14.2 Å². The maximum absolute atomic E-state index is 12.3. The highest BCUT2D eigenvalue weighted by Crippen LogP contribution is 2.30. The second-order valence-corrected chi connectivity index (χ2v) is 7.53. The molecule has 1 N–H and O–H groups in total. The standard InChI is InChI=1S/C16H20N2O4S2/c1-9(2)5-11-8-23-14(13(11)15(20)22-4)17-12(19)6-18-10(3)7-24-16(18)21/h7-9H,5-6H2,1-4H3,(H,17,19). The van der Waals surface area contributed by atoms with E-state index in [9.17, 15) is 14.4 Å². The van der Waals surface area contributed by atoms with Crippen LogP contribution in [0.1, 0.15) is 35.5 Å². The molecule has 24 heavy (non-hydrogen) atoms. The molecule has 0 saturated carbocycles. The highest BCUT2D eigenvalue weighted by Gasteiger charge is 2.22. The number of esters is 1. The molecule has 0 radical (unpaired) electrons. The number of nitrogens with zero attached hydrogens (tertiary/aromatic N) is 1. The van der Waals surface area contributed by atoms with Crippen LogP contribution < -0.4 is 10.2 Å². The smallest absolute Gasteiger partial charge is 0.341 e. The number of ether oxygens (including phenoxy) is 1. The van der Waals surface area contributed by atoms with Gasteiger partial charge < -0.3 is 10.1 Å². The van der Waals surface area contributed by atoms with Crippen molar-refractivity contribution in [2.45, 2.75) is 33.7 Å². The number of hydrogen-bond donors (Lipinski definition) is 1. The van der Waals surface area contributed by atoms with Crippen molar-refractivity contribution in [3.05, 3.63) is 37.2 Å². The van der Waals surface area contributed by atoms with Crippen LogP contribution in [0.3, 0.4) is 0 Å². The Hall–Kier alpha value is -1.93. The first kappa shape index (κ1) is 18.4. The summed E-state index contributed by atoms with van der Waals surface area (Å²) in [5.74, 6) is -0.439. The van der Waals surface area contributed by atoms with E-state index in [1.54, 1.807) is 12.3 Å². The van der Waals surface area contributed by atoms with Crippen LogP contribution in [-0.2, 0) is 22.5 Å². The summed E-state index contributed by atoms with van der Waals surface area (Å²) in [6.45, 7) is 5.81. The van der Waals surface area contributed by atoms with E-state index in [4.69, 9.17) is 4.74 Å². The van der Waals surface area contributed by atoms with E-state index in [2.05, 4.69) is 19.2 Å². The molecule has 0 aliphatic rings. The maximum atomic E-state index is 12.3. The molecule has 2 heterocycles. The summed E-state index contributed by atoms with van der Waals surface area (Å²) in [6, 6.07) is 0. The first-order valence-electron chi connectivity index (χ1n) is 7.47. The number of carbonyl (C=O) groups is 2. The van der Waals surface area contributed by atoms with Crippen LogP contribution in [0.15, 0.2) is 15.6 Å². The van der Waals surface area contributed by atoms with Crippen LogP contribution in [-0.4, -0.2) is 23.6 Å². The van der Waals surface area contributed by atoms with Gasteiger partial charge in [0.25, 0.3) is 0 Å². The Labute approximate surface area is 148 Å². The molecule has 6 nitrogen and oxygen atoms in total. The molecule has 130 valence electrons. The third kappa shape index (κ3) is 4.12. The number of aryl methyl sites for hydroxylation is 1. The first-order valence-corrected chi connectivity index (χ1v) is 9.22. The van der Waals surface area contributed by atoms with Crippen LogP contribution in [0.5, 0.6) is 0 Å². The summed E-state index contributed by atoms with van der Waals surface area (Å²) in [7, 11) is 1.32. The zero-order valence-corrected chi connectivity index (χ0v) is 15.7. The molecule has 1 amide bonds. The Morgan fingerprint density at radius 1 is 1.29 bits per heavy atom. The van der Waals surface area contributed by atoms with Crippen LogP contribution in [0.2, 0.25) is 0 Å². The molecule has 2 rings (SSSR count). The largest absolute Gasteiger partial charge is 0.465 e. The van der Waals surface area contributed by atoms with E-state index in [0.717, 1.165) is 29.0 Å². The molecular weight excluding hydrogens is 348 g/mol. The normalized spacial score (nSPS) is 10.9. The minimum atomic E-state index is -0.467. The lowest BCUT2D eigenvalue weighted by molar-refractivity contribution is -0.116. The molecule has 0 saturated heterocycles. The van der Waals surface area contributed by atoms with Gasteiger partial charge >= 0.3 is 10.8 Å². The zero-order chi connectivity index (χ0) is 17.9. The minimum absolute atomic E-state index is 0.0772. The summed E-state index contributed by atoms with van der Waals surface area (Å²) >= 11 is 2.35. The maximum Gasteiger partial charge on any atom is 0.341 e. The van der Waals surface area contributed by atoms with Crippen molar-refractivity contribution in [1.82, 2.24) is 4.57 Å². The molecule has 0 fully saturated rings. The lowest BCUT2D eigenvalue weighted by Gasteiger charge is -2.09. The van der Waals surface area contributed by atoms with E-state index in [1.807, 2.05) is 5.38 Å². The van der Waals surface area contributed by atoms with Crippen molar-refractivity contribution in [2.75, 3.05) is 12.4 Å². The average Bonchev–Trinajstić information content (AvgIpc) is 3.04. The second kappa shape index (κ2) is 7.76. The quantitative estimate of drug-likeness (QED) is 0.796. The lowest BCUT2D eigenvalue weighted by Crippen LogP contribution is -2.25. The third-order valence-electron chi connectivity index (χ3n) is 3.42. The lowest BCUT2D eigenvalue weighted by atomic mass is 10.0. The molecule has 2 aromatic heterocycles. The van der Waals surface area contributed by atoms with Gasteiger partial charge in [-0.15, -0.1) is 11.3 Å². The fourth-order valence-corrected chi connectivity index (χ4v) is 4.02. The highest BCUT2D eigenvalue weighted by atomic mass is 32.1. The summed E-state index contributed by atoms with van der Waals surface area (Å²) in [6.07, 6.45) is 0.722. The van der Waals surface area contributed by atoms with Crippen molar-refractivity contribution >= 4 is 39.6 Å². The topological polar surface area (TPSA) is 77.4 Å². The van der Waals surface area contributed by atoms with Gasteiger partial charge in [0.1, 0.15) is 11.5 Å². The number of carbonyl (C=O) groups excluding carboxylic acids is 2. The molecule has 0 aliphatic heterocycles. The van der Waals surface area contributed by atoms with Gasteiger partial charge in [0.05, 0.1) is 12.7 Å².